The first-order valence-electron chi connectivity index (χ1n) is 11.1. The van der Waals surface area contributed by atoms with Crippen molar-refractivity contribution in [3.05, 3.63) is 71.8 Å². The predicted molar refractivity (Wildman–Crippen MR) is 124 cm³/mol. The number of halogens is 3. The molecule has 0 saturated heterocycles. The number of rotatable bonds is 6. The molecule has 1 saturated carbocycles. The third-order valence-corrected chi connectivity index (χ3v) is 6.26. The molecule has 36 heavy (non-hydrogen) atoms. The maximum Gasteiger partial charge on any atom is 0.573 e. The highest BCUT2D eigenvalue weighted by Gasteiger charge is 2.51. The Morgan fingerprint density at radius 1 is 0.944 bits per heavy atom. The Kier molecular flexibility index (Phi) is 5.74. The molecule has 1 heterocycles. The van der Waals surface area contributed by atoms with E-state index < -0.39 is 17.5 Å². The van der Waals surface area contributed by atoms with Crippen molar-refractivity contribution >= 4 is 17.5 Å². The summed E-state index contributed by atoms with van der Waals surface area (Å²) in [6.45, 7) is 0.122. The minimum Gasteiger partial charge on any atom is -0.454 e. The van der Waals surface area contributed by atoms with Crippen LogP contribution in [-0.2, 0) is 10.2 Å². The smallest absolute Gasteiger partial charge is 0.454 e. The molecular weight excluding hydrogens is 477 g/mol. The summed E-state index contributed by atoms with van der Waals surface area (Å²) >= 11 is 0. The number of ether oxygens (including phenoxy) is 3. The molecule has 2 N–H and O–H groups in total. The number of hydrogen-bond donors (Lipinski definition) is 2. The van der Waals surface area contributed by atoms with E-state index in [1.165, 1.54) is 43.4 Å². The fraction of sp³-hybridized carbons (Fsp3) is 0.231. The average Bonchev–Trinajstić information content (AvgIpc) is 3.54. The van der Waals surface area contributed by atoms with Crippen LogP contribution in [-0.4, -0.2) is 32.0 Å². The van der Waals surface area contributed by atoms with Crippen LogP contribution in [0.4, 0.5) is 18.9 Å². The lowest BCUT2D eigenvalue weighted by Gasteiger charge is -2.18. The topological polar surface area (TPSA) is 85.9 Å². The van der Waals surface area contributed by atoms with Crippen LogP contribution in [0.3, 0.4) is 0 Å². The Labute approximate surface area is 204 Å². The summed E-state index contributed by atoms with van der Waals surface area (Å²) in [7, 11) is 1.48. The van der Waals surface area contributed by atoms with E-state index in [0.29, 0.717) is 41.2 Å². The van der Waals surface area contributed by atoms with Gasteiger partial charge < -0.3 is 24.8 Å². The van der Waals surface area contributed by atoms with Crippen molar-refractivity contribution in [1.29, 1.82) is 0 Å². The monoisotopic (exact) mass is 498 g/mol. The number of hydrogen-bond acceptors (Lipinski definition) is 5. The molecule has 0 spiro atoms. The highest BCUT2D eigenvalue weighted by atomic mass is 19.4. The molecule has 3 aromatic rings. The number of benzene rings is 3. The molecule has 186 valence electrons. The molecule has 7 nitrogen and oxygen atoms in total. The van der Waals surface area contributed by atoms with Crippen LogP contribution in [0.5, 0.6) is 17.2 Å². The summed E-state index contributed by atoms with van der Waals surface area (Å²) in [5.41, 5.74) is 1.19. The molecule has 3 aromatic carbocycles. The van der Waals surface area contributed by atoms with Gasteiger partial charge in [0.25, 0.3) is 5.91 Å². The molecule has 5 rings (SSSR count). The van der Waals surface area contributed by atoms with Crippen molar-refractivity contribution in [2.75, 3.05) is 19.2 Å². The molecule has 0 aromatic heterocycles. The zero-order valence-corrected chi connectivity index (χ0v) is 19.1. The number of amides is 2. The summed E-state index contributed by atoms with van der Waals surface area (Å²) in [5, 5.41) is 5.32. The maximum absolute atomic E-state index is 13.3. The molecular formula is C26H21F3N2O5. The number of alkyl halides is 3. The van der Waals surface area contributed by atoms with Crippen LogP contribution < -0.4 is 24.8 Å². The molecule has 10 heteroatoms. The van der Waals surface area contributed by atoms with E-state index >= 15 is 0 Å². The van der Waals surface area contributed by atoms with Crippen molar-refractivity contribution in [3.8, 4) is 28.4 Å². The van der Waals surface area contributed by atoms with E-state index in [1.807, 2.05) is 6.07 Å². The maximum atomic E-state index is 13.3. The summed E-state index contributed by atoms with van der Waals surface area (Å²) < 4.78 is 54.1. The van der Waals surface area contributed by atoms with Gasteiger partial charge in [-0.3, -0.25) is 9.59 Å². The number of carbonyl (C=O) groups is 2. The first-order valence-corrected chi connectivity index (χ1v) is 11.1. The lowest BCUT2D eigenvalue weighted by Crippen LogP contribution is -2.27. The molecule has 0 atom stereocenters. The molecule has 0 bridgehead atoms. The van der Waals surface area contributed by atoms with Gasteiger partial charge in [0.15, 0.2) is 11.5 Å². The summed E-state index contributed by atoms with van der Waals surface area (Å²) in [5.74, 6) is 0.162. The lowest BCUT2D eigenvalue weighted by atomic mass is 9.94. The highest BCUT2D eigenvalue weighted by molar-refractivity contribution is 6.02. The van der Waals surface area contributed by atoms with E-state index in [-0.39, 0.29) is 24.2 Å². The molecule has 2 aliphatic rings. The highest BCUT2D eigenvalue weighted by Crippen LogP contribution is 2.51. The Balaban J connectivity index is 1.44. The quantitative estimate of drug-likeness (QED) is 0.499. The van der Waals surface area contributed by atoms with Gasteiger partial charge in [0.05, 0.1) is 5.41 Å². The van der Waals surface area contributed by atoms with Gasteiger partial charge in [-0.25, -0.2) is 0 Å². The minimum atomic E-state index is -4.90. The fourth-order valence-electron chi connectivity index (χ4n) is 4.21. The van der Waals surface area contributed by atoms with E-state index in [1.54, 1.807) is 12.1 Å². The number of nitrogens with one attached hydrogen (secondary N) is 2. The van der Waals surface area contributed by atoms with Gasteiger partial charge in [-0.05, 0) is 66.4 Å². The average molecular weight is 498 g/mol. The van der Waals surface area contributed by atoms with Gasteiger partial charge in [0.1, 0.15) is 5.75 Å². The van der Waals surface area contributed by atoms with Crippen LogP contribution in [0.15, 0.2) is 60.7 Å². The largest absolute Gasteiger partial charge is 0.573 e. The number of carbonyl (C=O) groups excluding carboxylic acids is 2. The first-order chi connectivity index (χ1) is 17.2. The number of fused-ring (bicyclic) bond motifs is 1. The van der Waals surface area contributed by atoms with E-state index in [9.17, 15) is 22.8 Å². The first kappa shape index (κ1) is 23.5. The molecule has 2 amide bonds. The van der Waals surface area contributed by atoms with Crippen molar-refractivity contribution in [1.82, 2.24) is 5.32 Å². The van der Waals surface area contributed by atoms with Gasteiger partial charge >= 0.3 is 6.36 Å². The van der Waals surface area contributed by atoms with Crippen LogP contribution in [0.25, 0.3) is 11.1 Å². The molecule has 0 radical (unpaired) electrons. The van der Waals surface area contributed by atoms with Gasteiger partial charge in [-0.2, -0.15) is 0 Å². The summed E-state index contributed by atoms with van der Waals surface area (Å²) in [6, 6.07) is 15.3. The second kappa shape index (κ2) is 8.78. The van der Waals surface area contributed by atoms with Crippen molar-refractivity contribution in [3.63, 3.8) is 0 Å². The molecule has 1 aliphatic carbocycles. The predicted octanol–water partition coefficient (Wildman–Crippen LogP) is 5.01. The fourth-order valence-corrected chi connectivity index (χ4v) is 4.21. The van der Waals surface area contributed by atoms with Gasteiger partial charge in [-0.1, -0.05) is 18.2 Å². The summed E-state index contributed by atoms with van der Waals surface area (Å²) in [4.78, 5) is 25.1. The third-order valence-electron chi connectivity index (χ3n) is 6.26. The van der Waals surface area contributed by atoms with Crippen molar-refractivity contribution in [2.24, 2.45) is 0 Å². The van der Waals surface area contributed by atoms with Crippen molar-refractivity contribution < 1.29 is 37.0 Å². The van der Waals surface area contributed by atoms with Crippen LogP contribution in [0, 0.1) is 0 Å². The Morgan fingerprint density at radius 2 is 1.67 bits per heavy atom. The zero-order chi connectivity index (χ0) is 25.5. The van der Waals surface area contributed by atoms with Gasteiger partial charge in [-0.15, -0.1) is 13.2 Å². The Morgan fingerprint density at radius 3 is 2.33 bits per heavy atom. The Bertz CT molecular complexity index is 1330. The van der Waals surface area contributed by atoms with Gasteiger partial charge in [0, 0.05) is 23.9 Å². The van der Waals surface area contributed by atoms with Crippen LogP contribution >= 0.6 is 0 Å². The third kappa shape index (κ3) is 4.53. The number of anilines is 1. The van der Waals surface area contributed by atoms with E-state index in [0.717, 1.165) is 11.6 Å². The summed E-state index contributed by atoms with van der Waals surface area (Å²) in [6.07, 6.45) is -3.65. The lowest BCUT2D eigenvalue weighted by molar-refractivity contribution is -0.274. The van der Waals surface area contributed by atoms with E-state index in [2.05, 4.69) is 15.4 Å². The second-order valence-electron chi connectivity index (χ2n) is 8.52. The standard InChI is InChI=1S/C26H21F3N2O5/c1-30-23(32)16-4-2-15(3-5-16)19-13-18(7-9-20(19)36-26(27,28)29)31-24(33)25(10-11-25)17-6-8-21-22(12-17)35-14-34-21/h2-9,12-13H,10-11,14H2,1H3,(H,30,32)(H,31,33). The van der Waals surface area contributed by atoms with Crippen molar-refractivity contribution in [2.45, 2.75) is 24.6 Å². The minimum absolute atomic E-state index is 0.113. The van der Waals surface area contributed by atoms with Crippen LogP contribution in [0.1, 0.15) is 28.8 Å². The zero-order valence-electron chi connectivity index (χ0n) is 19.1. The molecule has 1 fully saturated rings. The SMILES string of the molecule is CNC(=O)c1ccc(-c2cc(NC(=O)C3(c4ccc5c(c4)OCO5)CC3)ccc2OC(F)(F)F)cc1. The normalized spacial score (nSPS) is 15.2. The van der Waals surface area contributed by atoms with E-state index in [4.69, 9.17) is 9.47 Å². The second-order valence-corrected chi connectivity index (χ2v) is 8.52. The van der Waals surface area contributed by atoms with Crippen LogP contribution in [0.2, 0.25) is 0 Å². The molecule has 1 aliphatic heterocycles. The van der Waals surface area contributed by atoms with Gasteiger partial charge in [0.2, 0.25) is 12.7 Å². The molecule has 0 unspecified atom stereocenters. The Hall–Kier alpha value is -4.21.